The second-order valence-electron chi connectivity index (χ2n) is 16.8. The van der Waals surface area contributed by atoms with Gasteiger partial charge in [0.2, 0.25) is 0 Å². The molecule has 274 valence electrons. The first-order valence-corrected chi connectivity index (χ1v) is 19.5. The third kappa shape index (κ3) is 6.51. The van der Waals surface area contributed by atoms with Gasteiger partial charge in [0.05, 0.1) is 22.4 Å². The van der Waals surface area contributed by atoms with Crippen molar-refractivity contribution in [2.45, 2.75) is 85.0 Å². The molecule has 5 heteroatoms. The molecule has 7 aromatic rings. The maximum absolute atomic E-state index is 6.88. The molecule has 3 heterocycles. The maximum Gasteiger partial charge on any atom is 0.137 e. The van der Waals surface area contributed by atoms with E-state index in [1.54, 1.807) is 0 Å². The van der Waals surface area contributed by atoms with Gasteiger partial charge in [-0.3, -0.25) is 4.57 Å². The molecule has 0 aliphatic carbocycles. The topological polar surface area (TPSA) is 33.5 Å². The van der Waals surface area contributed by atoms with Crippen LogP contribution in [0.4, 0.5) is 22.7 Å². The molecule has 5 nitrogen and oxygen atoms in total. The summed E-state index contributed by atoms with van der Waals surface area (Å²) >= 11 is 0. The van der Waals surface area contributed by atoms with Crippen LogP contribution in [0.1, 0.15) is 90.8 Å². The molecule has 1 aliphatic heterocycles. The Balaban J connectivity index is 1.20. The predicted molar refractivity (Wildman–Crippen MR) is 228 cm³/mol. The molecule has 0 saturated heterocycles. The van der Waals surface area contributed by atoms with Gasteiger partial charge in [0.1, 0.15) is 24.0 Å². The summed E-state index contributed by atoms with van der Waals surface area (Å²) in [6.07, 6.45) is 4.21. The van der Waals surface area contributed by atoms with Crippen LogP contribution in [0.3, 0.4) is 0 Å². The summed E-state index contributed by atoms with van der Waals surface area (Å²) in [4.78, 5) is 9.76. The molecule has 0 radical (unpaired) electrons. The summed E-state index contributed by atoms with van der Waals surface area (Å²) in [6, 6.07) is 44.0. The highest BCUT2D eigenvalue weighted by Gasteiger charge is 2.30. The minimum atomic E-state index is -0.0865. The number of fused-ring (bicyclic) bond motifs is 4. The van der Waals surface area contributed by atoms with E-state index in [9.17, 15) is 0 Å². The van der Waals surface area contributed by atoms with Crippen LogP contribution in [0.25, 0.3) is 27.6 Å². The molecule has 0 spiro atoms. The van der Waals surface area contributed by atoms with E-state index in [1.165, 1.54) is 44.5 Å². The molecule has 8 rings (SSSR count). The molecule has 0 saturated carbocycles. The number of nitrogens with zero attached hydrogens (tertiary/aromatic N) is 4. The van der Waals surface area contributed by atoms with Gasteiger partial charge < -0.3 is 14.5 Å². The van der Waals surface area contributed by atoms with Gasteiger partial charge in [-0.2, -0.15) is 0 Å². The van der Waals surface area contributed by atoms with Gasteiger partial charge in [0.15, 0.2) is 0 Å². The van der Waals surface area contributed by atoms with Crippen molar-refractivity contribution >= 4 is 44.6 Å². The second kappa shape index (κ2) is 13.7. The Morgan fingerprint density at radius 2 is 1.28 bits per heavy atom. The Morgan fingerprint density at radius 1 is 0.593 bits per heavy atom. The highest BCUT2D eigenvalue weighted by atomic mass is 16.5. The smallest absolute Gasteiger partial charge is 0.137 e. The van der Waals surface area contributed by atoms with Gasteiger partial charge >= 0.3 is 0 Å². The van der Waals surface area contributed by atoms with Crippen LogP contribution in [0, 0.1) is 0 Å². The predicted octanol–water partition coefficient (Wildman–Crippen LogP) is 13.7. The first-order chi connectivity index (χ1) is 25.9. The SMILES string of the molecule is CCC(CC)c1cccc(N2CN(c3cc(Oc4ccc5c6ccccc6n(-c6cc(C(C)(C)C)ccn6)c5c4)cc(C(C)(C)C)c3)c3ccccc32)c1. The zero-order valence-electron chi connectivity index (χ0n) is 33.0. The van der Waals surface area contributed by atoms with E-state index in [0.29, 0.717) is 12.6 Å². The average molecular weight is 713 g/mol. The van der Waals surface area contributed by atoms with E-state index >= 15 is 0 Å². The van der Waals surface area contributed by atoms with Crippen LogP contribution in [0.5, 0.6) is 11.5 Å². The molecule has 1 aliphatic rings. The van der Waals surface area contributed by atoms with Crippen LogP contribution in [0.2, 0.25) is 0 Å². The lowest BCUT2D eigenvalue weighted by molar-refractivity contribution is 0.479. The Morgan fingerprint density at radius 3 is 2.00 bits per heavy atom. The van der Waals surface area contributed by atoms with Crippen LogP contribution in [-0.4, -0.2) is 16.2 Å². The first-order valence-electron chi connectivity index (χ1n) is 19.5. The molecule has 0 amide bonds. The minimum absolute atomic E-state index is 0.00456. The number of hydrogen-bond acceptors (Lipinski definition) is 4. The van der Waals surface area contributed by atoms with Crippen molar-refractivity contribution in [3.05, 3.63) is 144 Å². The fourth-order valence-electron chi connectivity index (χ4n) is 8.00. The lowest BCUT2D eigenvalue weighted by Gasteiger charge is -2.26. The van der Waals surface area contributed by atoms with Gasteiger partial charge in [-0.1, -0.05) is 97.9 Å². The quantitative estimate of drug-likeness (QED) is 0.157. The van der Waals surface area contributed by atoms with Gasteiger partial charge in [0, 0.05) is 40.5 Å². The lowest BCUT2D eigenvalue weighted by atomic mass is 9.86. The fourth-order valence-corrected chi connectivity index (χ4v) is 8.00. The summed E-state index contributed by atoms with van der Waals surface area (Å²) in [7, 11) is 0. The molecule has 5 aromatic carbocycles. The Bertz CT molecular complexity index is 2480. The summed E-state index contributed by atoms with van der Waals surface area (Å²) in [5.74, 6) is 3.08. The highest BCUT2D eigenvalue weighted by Crippen LogP contribution is 2.46. The molecule has 0 unspecified atom stereocenters. The van der Waals surface area contributed by atoms with E-state index in [4.69, 9.17) is 9.72 Å². The number of anilines is 4. The fraction of sp³-hybridized carbons (Fsp3) is 0.286. The Hall–Kier alpha value is -5.55. The van der Waals surface area contributed by atoms with Gasteiger partial charge in [0.25, 0.3) is 0 Å². The maximum atomic E-state index is 6.88. The van der Waals surface area contributed by atoms with Crippen molar-refractivity contribution in [1.29, 1.82) is 0 Å². The summed E-state index contributed by atoms with van der Waals surface area (Å²) in [5.41, 5.74) is 10.7. The molecule has 0 fully saturated rings. The molecule has 0 bridgehead atoms. The number of benzene rings is 5. The van der Waals surface area contributed by atoms with Crippen molar-refractivity contribution in [1.82, 2.24) is 9.55 Å². The molecule has 2 aromatic heterocycles. The summed E-state index contributed by atoms with van der Waals surface area (Å²) in [5, 5.41) is 2.37. The van der Waals surface area contributed by atoms with Crippen molar-refractivity contribution in [2.75, 3.05) is 16.5 Å². The van der Waals surface area contributed by atoms with E-state index in [0.717, 1.165) is 46.9 Å². The number of rotatable bonds is 8. The number of para-hydroxylation sites is 3. The van der Waals surface area contributed by atoms with Crippen molar-refractivity contribution in [2.24, 2.45) is 0 Å². The van der Waals surface area contributed by atoms with Crippen molar-refractivity contribution in [3.8, 4) is 17.3 Å². The van der Waals surface area contributed by atoms with Gasteiger partial charge in [-0.25, -0.2) is 4.98 Å². The third-order valence-electron chi connectivity index (χ3n) is 11.2. The van der Waals surface area contributed by atoms with Gasteiger partial charge in [-0.05, 0) is 113 Å². The van der Waals surface area contributed by atoms with Gasteiger partial charge in [-0.15, -0.1) is 0 Å². The van der Waals surface area contributed by atoms with Crippen molar-refractivity contribution < 1.29 is 4.74 Å². The van der Waals surface area contributed by atoms with E-state index in [1.807, 2.05) is 6.20 Å². The second-order valence-corrected chi connectivity index (χ2v) is 16.8. The molecular weight excluding hydrogens is 661 g/mol. The van der Waals surface area contributed by atoms with Crippen LogP contribution in [-0.2, 0) is 10.8 Å². The third-order valence-corrected chi connectivity index (χ3v) is 11.2. The monoisotopic (exact) mass is 712 g/mol. The number of hydrogen-bond donors (Lipinski definition) is 0. The zero-order valence-corrected chi connectivity index (χ0v) is 33.0. The highest BCUT2D eigenvalue weighted by molar-refractivity contribution is 6.09. The molecule has 0 atom stereocenters. The summed E-state index contributed by atoms with van der Waals surface area (Å²) < 4.78 is 9.16. The van der Waals surface area contributed by atoms with Crippen LogP contribution < -0.4 is 14.5 Å². The zero-order chi connectivity index (χ0) is 37.8. The number of aromatic nitrogens is 2. The normalized spacial score (nSPS) is 13.4. The first kappa shape index (κ1) is 35.5. The Labute approximate surface area is 320 Å². The lowest BCUT2D eigenvalue weighted by Crippen LogP contribution is -2.24. The number of pyridine rings is 1. The molecule has 54 heavy (non-hydrogen) atoms. The van der Waals surface area contributed by atoms with E-state index in [-0.39, 0.29) is 10.8 Å². The molecule has 0 N–H and O–H groups in total. The van der Waals surface area contributed by atoms with E-state index < -0.39 is 0 Å². The van der Waals surface area contributed by atoms with Crippen molar-refractivity contribution in [3.63, 3.8) is 0 Å². The standard InChI is InChI=1S/C49H52N4O/c1-9-33(10-2)34-16-15-17-37(26-34)51-32-52(45-21-14-13-20-44(45)51)38-27-36(49(6,7)8)28-40(30-38)54-39-22-23-42-41-18-11-12-19-43(41)53(46(42)31-39)47-29-35(24-25-50-47)48(3,4)5/h11-31,33H,9-10,32H2,1-8H3. The molecular formula is C49H52N4O. The van der Waals surface area contributed by atoms with Crippen LogP contribution >= 0.6 is 0 Å². The summed E-state index contributed by atoms with van der Waals surface area (Å²) in [6.45, 7) is 18.8. The average Bonchev–Trinajstić information content (AvgIpc) is 3.71. The van der Waals surface area contributed by atoms with Crippen LogP contribution in [0.15, 0.2) is 128 Å². The number of ether oxygens (including phenoxy) is 1. The van der Waals surface area contributed by atoms with E-state index in [2.05, 4.69) is 191 Å². The Kier molecular flexibility index (Phi) is 9.00. The largest absolute Gasteiger partial charge is 0.457 e. The minimum Gasteiger partial charge on any atom is -0.457 e.